The molecule has 2 aliphatic carbocycles. The van der Waals surface area contributed by atoms with Crippen LogP contribution in [0, 0.1) is 11.3 Å². The van der Waals surface area contributed by atoms with Gasteiger partial charge >= 0.3 is 0 Å². The van der Waals surface area contributed by atoms with Crippen molar-refractivity contribution in [2.24, 2.45) is 17.1 Å². The van der Waals surface area contributed by atoms with Crippen molar-refractivity contribution in [3.05, 3.63) is 51.0 Å². The molecule has 1 amide bonds. The summed E-state index contributed by atoms with van der Waals surface area (Å²) in [5, 5.41) is 5.99. The van der Waals surface area contributed by atoms with Crippen molar-refractivity contribution in [3.8, 4) is 0 Å². The van der Waals surface area contributed by atoms with E-state index >= 15 is 0 Å². The van der Waals surface area contributed by atoms with Crippen molar-refractivity contribution in [2.45, 2.75) is 83.6 Å². The number of carbonyl (C=O) groups is 1. The van der Waals surface area contributed by atoms with Gasteiger partial charge in [0.15, 0.2) is 0 Å². The van der Waals surface area contributed by atoms with Crippen LogP contribution in [0.3, 0.4) is 0 Å². The first-order valence-corrected chi connectivity index (χ1v) is 15.1. The highest BCUT2D eigenvalue weighted by Crippen LogP contribution is 2.57. The van der Waals surface area contributed by atoms with Gasteiger partial charge in [0.2, 0.25) is 0 Å². The molecule has 4 atom stereocenters. The van der Waals surface area contributed by atoms with E-state index in [0.717, 1.165) is 30.0 Å². The summed E-state index contributed by atoms with van der Waals surface area (Å²) < 4.78 is 0. The van der Waals surface area contributed by atoms with Gasteiger partial charge in [0.25, 0.3) is 5.91 Å². The van der Waals surface area contributed by atoms with Gasteiger partial charge in [0, 0.05) is 11.9 Å². The van der Waals surface area contributed by atoms with Crippen LogP contribution in [0.5, 0.6) is 0 Å². The van der Waals surface area contributed by atoms with E-state index in [-0.39, 0.29) is 22.8 Å². The van der Waals surface area contributed by atoms with Crippen molar-refractivity contribution in [1.82, 2.24) is 10.3 Å². The number of nitrogens with zero attached hydrogens (tertiary/aromatic N) is 1. The minimum absolute atomic E-state index is 0.0640. The van der Waals surface area contributed by atoms with Crippen LogP contribution in [0.4, 0.5) is 0 Å². The highest BCUT2D eigenvalue weighted by Gasteiger charge is 2.51. The lowest BCUT2D eigenvalue weighted by molar-refractivity contribution is 0.0254. The van der Waals surface area contributed by atoms with E-state index in [0.29, 0.717) is 24.1 Å². The molecule has 186 valence electrons. The molecule has 2 aromatic rings. The molecule has 0 aliphatic heterocycles. The molecule has 0 bridgehead atoms. The fourth-order valence-electron chi connectivity index (χ4n) is 6.52. The minimum atomic E-state index is -0.0888. The molecule has 1 heterocycles. The summed E-state index contributed by atoms with van der Waals surface area (Å²) in [7, 11) is 0. The van der Waals surface area contributed by atoms with Crippen LogP contribution in [0.15, 0.2) is 23.6 Å². The Morgan fingerprint density at radius 1 is 1.32 bits per heavy atom. The molecule has 34 heavy (non-hydrogen) atoms. The lowest BCUT2D eigenvalue weighted by atomic mass is 9.49. The molecule has 1 fully saturated rings. The second kappa shape index (κ2) is 10.3. The predicted octanol–water partition coefficient (Wildman–Crippen LogP) is 6.46. The standard InChI is InChI=1S/C28H41N3OS2/c1-18(2)19-7-9-21-20(15-19)8-10-24-27(3,12-6-13-28(21,24)4)17-30-25(32)23-16-34-26(31-23)22(29)11-14-33-5/h7,9,15-16,18,22,24H,6,8,10-14,17,29H2,1-5H3,(H,30,32). The van der Waals surface area contributed by atoms with Gasteiger partial charge in [-0.3, -0.25) is 4.79 Å². The molecule has 6 heteroatoms. The first kappa shape index (κ1) is 25.7. The first-order valence-electron chi connectivity index (χ1n) is 12.8. The third-order valence-corrected chi connectivity index (χ3v) is 10.1. The Labute approximate surface area is 213 Å². The SMILES string of the molecule is CSCCC(N)c1nc(C(=O)NCC2(C)CCCC3(C)c4ccc(C(C)C)cc4CCC23)cs1. The normalized spacial score (nSPS) is 27.2. The zero-order chi connectivity index (χ0) is 24.5. The number of hydrogen-bond acceptors (Lipinski definition) is 5. The van der Waals surface area contributed by atoms with Crippen LogP contribution in [0.2, 0.25) is 0 Å². The van der Waals surface area contributed by atoms with Crippen molar-refractivity contribution >= 4 is 29.0 Å². The number of nitrogens with two attached hydrogens (primary N) is 1. The molecule has 2 aliphatic rings. The lowest BCUT2D eigenvalue weighted by Gasteiger charge is -2.55. The molecule has 4 nitrogen and oxygen atoms in total. The number of carbonyl (C=O) groups excluding carboxylic acids is 1. The van der Waals surface area contributed by atoms with Gasteiger partial charge in [-0.2, -0.15) is 11.8 Å². The zero-order valence-corrected chi connectivity index (χ0v) is 23.1. The highest BCUT2D eigenvalue weighted by molar-refractivity contribution is 7.98. The van der Waals surface area contributed by atoms with Crippen molar-refractivity contribution in [1.29, 1.82) is 0 Å². The lowest BCUT2D eigenvalue weighted by Crippen LogP contribution is -2.53. The predicted molar refractivity (Wildman–Crippen MR) is 146 cm³/mol. The van der Waals surface area contributed by atoms with Crippen LogP contribution in [-0.4, -0.2) is 29.4 Å². The maximum Gasteiger partial charge on any atom is 0.270 e. The molecule has 1 aromatic carbocycles. The Bertz CT molecular complexity index is 1020. The van der Waals surface area contributed by atoms with E-state index in [1.807, 2.05) is 5.38 Å². The monoisotopic (exact) mass is 499 g/mol. The maximum atomic E-state index is 13.0. The van der Waals surface area contributed by atoms with Crippen LogP contribution in [-0.2, 0) is 11.8 Å². The fraction of sp³-hybridized carbons (Fsp3) is 0.643. The average Bonchev–Trinajstić information content (AvgIpc) is 3.31. The van der Waals surface area contributed by atoms with Crippen LogP contribution >= 0.6 is 23.1 Å². The summed E-state index contributed by atoms with van der Waals surface area (Å²) in [4.78, 5) is 17.6. The Balaban J connectivity index is 1.47. The van der Waals surface area contributed by atoms with Crippen LogP contribution in [0.25, 0.3) is 0 Å². The molecular weight excluding hydrogens is 458 g/mol. The number of amides is 1. The number of thioether (sulfide) groups is 1. The summed E-state index contributed by atoms with van der Waals surface area (Å²) in [5.41, 5.74) is 11.6. The summed E-state index contributed by atoms with van der Waals surface area (Å²) >= 11 is 3.29. The molecule has 4 unspecified atom stereocenters. The molecule has 3 N–H and O–H groups in total. The third-order valence-electron chi connectivity index (χ3n) is 8.53. The smallest absolute Gasteiger partial charge is 0.270 e. The Morgan fingerprint density at radius 3 is 2.85 bits per heavy atom. The number of thiazole rings is 1. The second-order valence-corrected chi connectivity index (χ2v) is 13.1. The van der Waals surface area contributed by atoms with Crippen LogP contribution < -0.4 is 11.1 Å². The van der Waals surface area contributed by atoms with Crippen LogP contribution in [0.1, 0.15) is 104 Å². The van der Waals surface area contributed by atoms with Crippen molar-refractivity contribution in [3.63, 3.8) is 0 Å². The van der Waals surface area contributed by atoms with Gasteiger partial charge in [0.05, 0.1) is 6.04 Å². The zero-order valence-electron chi connectivity index (χ0n) is 21.4. The molecular formula is C28H41N3OS2. The molecule has 0 saturated heterocycles. The number of aryl methyl sites for hydroxylation is 1. The highest BCUT2D eigenvalue weighted by atomic mass is 32.2. The fourth-order valence-corrected chi connectivity index (χ4v) is 7.84. The van der Waals surface area contributed by atoms with Gasteiger partial charge in [-0.1, -0.05) is 52.3 Å². The van der Waals surface area contributed by atoms with Gasteiger partial charge in [-0.05, 0) is 83.5 Å². The molecule has 1 saturated carbocycles. The largest absolute Gasteiger partial charge is 0.350 e. The van der Waals surface area contributed by atoms with E-state index in [2.05, 4.69) is 62.5 Å². The van der Waals surface area contributed by atoms with Crippen molar-refractivity contribution in [2.75, 3.05) is 18.6 Å². The first-order chi connectivity index (χ1) is 16.2. The maximum absolute atomic E-state index is 13.0. The number of hydrogen-bond donors (Lipinski definition) is 2. The Hall–Kier alpha value is -1.37. The van der Waals surface area contributed by atoms with E-state index in [1.54, 1.807) is 22.9 Å². The summed E-state index contributed by atoms with van der Waals surface area (Å²) in [5.74, 6) is 2.07. The minimum Gasteiger partial charge on any atom is -0.350 e. The van der Waals surface area contributed by atoms with E-state index in [1.165, 1.54) is 36.2 Å². The topological polar surface area (TPSA) is 68.0 Å². The molecule has 4 rings (SSSR count). The van der Waals surface area contributed by atoms with E-state index in [9.17, 15) is 4.79 Å². The summed E-state index contributed by atoms with van der Waals surface area (Å²) in [6.07, 6.45) is 8.90. The van der Waals surface area contributed by atoms with E-state index < -0.39 is 0 Å². The summed E-state index contributed by atoms with van der Waals surface area (Å²) in [6, 6.07) is 7.13. The average molecular weight is 500 g/mol. The molecule has 0 spiro atoms. The number of rotatable bonds is 8. The molecule has 1 aromatic heterocycles. The Morgan fingerprint density at radius 2 is 2.12 bits per heavy atom. The Kier molecular flexibility index (Phi) is 7.80. The van der Waals surface area contributed by atoms with Gasteiger partial charge in [0.1, 0.15) is 10.7 Å². The van der Waals surface area contributed by atoms with Gasteiger partial charge in [-0.15, -0.1) is 11.3 Å². The number of benzene rings is 1. The third kappa shape index (κ3) is 4.96. The van der Waals surface area contributed by atoms with Gasteiger partial charge in [-0.25, -0.2) is 4.98 Å². The summed E-state index contributed by atoms with van der Waals surface area (Å²) in [6.45, 7) is 10.1. The molecule has 0 radical (unpaired) electrons. The number of fused-ring (bicyclic) bond motifs is 3. The van der Waals surface area contributed by atoms with Gasteiger partial charge < -0.3 is 11.1 Å². The number of aromatic nitrogens is 1. The van der Waals surface area contributed by atoms with E-state index in [4.69, 9.17) is 5.73 Å². The van der Waals surface area contributed by atoms with Crippen molar-refractivity contribution < 1.29 is 4.79 Å². The quantitative estimate of drug-likeness (QED) is 0.437. The number of nitrogens with one attached hydrogen (secondary N) is 1. The second-order valence-electron chi connectivity index (χ2n) is 11.2.